The van der Waals surface area contributed by atoms with Crippen molar-refractivity contribution in [1.82, 2.24) is 10.4 Å². The fraction of sp³-hybridized carbons (Fsp3) is 0.529. The first kappa shape index (κ1) is 19.1. The van der Waals surface area contributed by atoms with Gasteiger partial charge in [0.2, 0.25) is 0 Å². The molecule has 1 aromatic rings. The van der Waals surface area contributed by atoms with Crippen LogP contribution in [-0.4, -0.2) is 47.6 Å². The number of amides is 1. The standard InChI is InChI=1S/C17H22F2N2O4/c1-16(2,3)24-15(23)21-10-9-13(17(18,19)11-21)20-25-14(22)12-7-5-4-6-8-12/h4-8,13,20H,9-11H2,1-3H3/t13-/m0/s1. The Morgan fingerprint density at radius 1 is 1.24 bits per heavy atom. The second-order valence-electron chi connectivity index (χ2n) is 6.88. The van der Waals surface area contributed by atoms with Crippen LogP contribution >= 0.6 is 0 Å². The lowest BCUT2D eigenvalue weighted by molar-refractivity contribution is -0.121. The number of nitrogens with one attached hydrogen (secondary N) is 1. The topological polar surface area (TPSA) is 67.9 Å². The third-order valence-electron chi connectivity index (χ3n) is 3.55. The summed E-state index contributed by atoms with van der Waals surface area (Å²) >= 11 is 0. The minimum absolute atomic E-state index is 0.0745. The summed E-state index contributed by atoms with van der Waals surface area (Å²) < 4.78 is 33.6. The van der Waals surface area contributed by atoms with Gasteiger partial charge in [0, 0.05) is 6.54 Å². The van der Waals surface area contributed by atoms with Gasteiger partial charge in [0.25, 0.3) is 5.92 Å². The first-order valence-electron chi connectivity index (χ1n) is 7.96. The van der Waals surface area contributed by atoms with E-state index in [1.807, 2.05) is 0 Å². The van der Waals surface area contributed by atoms with Crippen LogP contribution in [0.5, 0.6) is 0 Å². The second kappa shape index (κ2) is 7.35. The Balaban J connectivity index is 1.90. The zero-order valence-corrected chi connectivity index (χ0v) is 14.4. The minimum atomic E-state index is -3.26. The Labute approximate surface area is 145 Å². The van der Waals surface area contributed by atoms with Gasteiger partial charge in [-0.2, -0.15) is 0 Å². The van der Waals surface area contributed by atoms with Gasteiger partial charge in [-0.15, -0.1) is 5.48 Å². The van der Waals surface area contributed by atoms with Crippen LogP contribution in [-0.2, 0) is 9.57 Å². The van der Waals surface area contributed by atoms with Crippen molar-refractivity contribution in [3.05, 3.63) is 35.9 Å². The van der Waals surface area contributed by atoms with Crippen LogP contribution in [0.2, 0.25) is 0 Å². The summed E-state index contributed by atoms with van der Waals surface area (Å²) in [4.78, 5) is 29.5. The molecule has 1 saturated heterocycles. The van der Waals surface area contributed by atoms with Crippen molar-refractivity contribution >= 4 is 12.1 Å². The van der Waals surface area contributed by atoms with Crippen molar-refractivity contribution in [2.75, 3.05) is 13.1 Å². The largest absolute Gasteiger partial charge is 0.444 e. The SMILES string of the molecule is CC(C)(C)OC(=O)N1CC[C@H](NOC(=O)c2ccccc2)C(F)(F)C1. The highest BCUT2D eigenvalue weighted by molar-refractivity contribution is 5.89. The molecular formula is C17H22F2N2O4. The summed E-state index contributed by atoms with van der Waals surface area (Å²) in [6.07, 6.45) is -0.860. The van der Waals surface area contributed by atoms with E-state index in [9.17, 15) is 18.4 Å². The third kappa shape index (κ3) is 5.38. The van der Waals surface area contributed by atoms with Gasteiger partial charge >= 0.3 is 12.1 Å². The number of rotatable bonds is 3. The average Bonchev–Trinajstić information content (AvgIpc) is 2.52. The van der Waals surface area contributed by atoms with Crippen LogP contribution in [0.25, 0.3) is 0 Å². The van der Waals surface area contributed by atoms with Gasteiger partial charge in [-0.05, 0) is 39.3 Å². The molecule has 8 heteroatoms. The third-order valence-corrected chi connectivity index (χ3v) is 3.55. The van der Waals surface area contributed by atoms with Gasteiger partial charge in [-0.25, -0.2) is 18.4 Å². The number of carbonyl (C=O) groups is 2. The zero-order chi connectivity index (χ0) is 18.7. The molecule has 138 valence electrons. The molecule has 1 fully saturated rings. The van der Waals surface area contributed by atoms with Crippen molar-refractivity contribution < 1.29 is 27.9 Å². The minimum Gasteiger partial charge on any atom is -0.444 e. The van der Waals surface area contributed by atoms with E-state index in [0.29, 0.717) is 0 Å². The number of alkyl halides is 2. The molecular weight excluding hydrogens is 334 g/mol. The molecule has 1 N–H and O–H groups in total. The molecule has 0 bridgehead atoms. The molecule has 0 saturated carbocycles. The molecule has 0 spiro atoms. The zero-order valence-electron chi connectivity index (χ0n) is 14.4. The summed E-state index contributed by atoms with van der Waals surface area (Å²) in [5.41, 5.74) is 1.64. The van der Waals surface area contributed by atoms with Crippen molar-refractivity contribution in [3.63, 3.8) is 0 Å². The molecule has 1 amide bonds. The average molecular weight is 356 g/mol. The number of likely N-dealkylation sites (tertiary alicyclic amines) is 1. The monoisotopic (exact) mass is 356 g/mol. The predicted molar refractivity (Wildman–Crippen MR) is 86.2 cm³/mol. The molecule has 0 aromatic heterocycles. The van der Waals surface area contributed by atoms with Crippen LogP contribution in [0.4, 0.5) is 13.6 Å². The molecule has 0 aliphatic carbocycles. The van der Waals surface area contributed by atoms with Gasteiger partial charge in [0.1, 0.15) is 11.6 Å². The number of nitrogens with zero attached hydrogens (tertiary/aromatic N) is 1. The number of piperidine rings is 1. The van der Waals surface area contributed by atoms with E-state index in [-0.39, 0.29) is 18.5 Å². The van der Waals surface area contributed by atoms with Crippen LogP contribution in [0.15, 0.2) is 30.3 Å². The maximum absolute atomic E-state index is 14.3. The molecule has 1 heterocycles. The number of ether oxygens (including phenoxy) is 1. The van der Waals surface area contributed by atoms with E-state index in [2.05, 4.69) is 5.48 Å². The highest BCUT2D eigenvalue weighted by Crippen LogP contribution is 2.28. The summed E-state index contributed by atoms with van der Waals surface area (Å²) in [5, 5.41) is 0. The lowest BCUT2D eigenvalue weighted by Gasteiger charge is -2.38. The molecule has 1 aliphatic rings. The van der Waals surface area contributed by atoms with Gasteiger partial charge in [-0.1, -0.05) is 18.2 Å². The number of halogens is 2. The molecule has 25 heavy (non-hydrogen) atoms. The Bertz CT molecular complexity index is 617. The van der Waals surface area contributed by atoms with Gasteiger partial charge in [-0.3, -0.25) is 0 Å². The van der Waals surface area contributed by atoms with E-state index < -0.39 is 36.2 Å². The summed E-state index contributed by atoms with van der Waals surface area (Å²) in [5.74, 6) is -4.00. The summed E-state index contributed by atoms with van der Waals surface area (Å²) in [6, 6.07) is 6.68. The highest BCUT2D eigenvalue weighted by Gasteiger charge is 2.47. The number of hydrogen-bond acceptors (Lipinski definition) is 5. The summed E-state index contributed by atoms with van der Waals surface area (Å²) in [7, 11) is 0. The van der Waals surface area contributed by atoms with E-state index in [1.54, 1.807) is 39.0 Å². The maximum Gasteiger partial charge on any atom is 0.410 e. The molecule has 0 unspecified atom stereocenters. The Morgan fingerprint density at radius 3 is 2.44 bits per heavy atom. The number of carbonyl (C=O) groups excluding carboxylic acids is 2. The van der Waals surface area contributed by atoms with Crippen molar-refractivity contribution in [3.8, 4) is 0 Å². The van der Waals surface area contributed by atoms with Crippen molar-refractivity contribution in [2.45, 2.75) is 44.8 Å². The smallest absolute Gasteiger partial charge is 0.410 e. The molecule has 6 nitrogen and oxygen atoms in total. The van der Waals surface area contributed by atoms with Crippen LogP contribution in [0.1, 0.15) is 37.6 Å². The Kier molecular flexibility index (Phi) is 5.62. The molecule has 1 aliphatic heterocycles. The lowest BCUT2D eigenvalue weighted by atomic mass is 10.0. The molecule has 2 rings (SSSR count). The molecule has 0 radical (unpaired) electrons. The van der Waals surface area contributed by atoms with Crippen LogP contribution in [0.3, 0.4) is 0 Å². The van der Waals surface area contributed by atoms with Gasteiger partial charge in [0.05, 0.1) is 12.1 Å². The maximum atomic E-state index is 14.3. The quantitative estimate of drug-likeness (QED) is 0.844. The highest BCUT2D eigenvalue weighted by atomic mass is 19.3. The first-order valence-corrected chi connectivity index (χ1v) is 7.96. The fourth-order valence-corrected chi connectivity index (χ4v) is 2.33. The summed E-state index contributed by atoms with van der Waals surface area (Å²) in [6.45, 7) is 4.27. The van der Waals surface area contributed by atoms with Crippen LogP contribution < -0.4 is 5.48 Å². The van der Waals surface area contributed by atoms with Crippen molar-refractivity contribution in [1.29, 1.82) is 0 Å². The van der Waals surface area contributed by atoms with E-state index in [1.165, 1.54) is 12.1 Å². The van der Waals surface area contributed by atoms with Gasteiger partial charge < -0.3 is 14.5 Å². The van der Waals surface area contributed by atoms with E-state index in [0.717, 1.165) is 4.90 Å². The predicted octanol–water partition coefficient (Wildman–Crippen LogP) is 2.99. The fourth-order valence-electron chi connectivity index (χ4n) is 2.33. The number of hydroxylamine groups is 1. The van der Waals surface area contributed by atoms with E-state index in [4.69, 9.17) is 9.57 Å². The van der Waals surface area contributed by atoms with E-state index >= 15 is 0 Å². The lowest BCUT2D eigenvalue weighted by Crippen LogP contribution is -2.59. The normalized spacial score (nSPS) is 20.0. The Morgan fingerprint density at radius 2 is 1.88 bits per heavy atom. The second-order valence-corrected chi connectivity index (χ2v) is 6.88. The van der Waals surface area contributed by atoms with Crippen molar-refractivity contribution in [2.24, 2.45) is 0 Å². The first-order chi connectivity index (χ1) is 11.6. The molecule has 1 atom stereocenters. The Hall–Kier alpha value is -2.22. The number of hydrogen-bond donors (Lipinski definition) is 1. The van der Waals surface area contributed by atoms with Gasteiger partial charge in [0.15, 0.2) is 0 Å². The molecule has 1 aromatic carbocycles. The van der Waals surface area contributed by atoms with Crippen LogP contribution in [0, 0.1) is 0 Å². The number of benzene rings is 1.